The average molecular weight is 243 g/mol. The molecular weight excluding hydrogens is 226 g/mol. The molecule has 2 amide bonds. The third kappa shape index (κ3) is 4.81. The zero-order valence-electron chi connectivity index (χ0n) is 9.73. The van der Waals surface area contributed by atoms with Crippen LogP contribution in [0.15, 0.2) is 0 Å². The van der Waals surface area contributed by atoms with E-state index in [0.29, 0.717) is 6.54 Å². The van der Waals surface area contributed by atoms with Crippen LogP contribution >= 0.6 is 0 Å². The number of carboxylic acids is 1. The number of nitrogens with zero attached hydrogens (tertiary/aromatic N) is 1. The Morgan fingerprint density at radius 2 is 2.00 bits per heavy atom. The van der Waals surface area contributed by atoms with E-state index in [4.69, 9.17) is 5.11 Å². The van der Waals surface area contributed by atoms with Gasteiger partial charge in [-0.05, 0) is 20.0 Å². The molecule has 1 rings (SSSR count). The minimum atomic E-state index is -1.11. The lowest BCUT2D eigenvalue weighted by Gasteiger charge is -2.10. The van der Waals surface area contributed by atoms with Gasteiger partial charge in [-0.25, -0.2) is 0 Å². The Kier molecular flexibility index (Phi) is 4.89. The second kappa shape index (κ2) is 6.19. The molecule has 0 aromatic carbocycles. The Labute approximate surface area is 99.2 Å². The van der Waals surface area contributed by atoms with Crippen LogP contribution in [0.3, 0.4) is 0 Å². The van der Waals surface area contributed by atoms with Crippen molar-refractivity contribution in [2.45, 2.75) is 6.42 Å². The number of carboxylic acid groups (broad SMARTS) is 1. The maximum atomic E-state index is 11.6. The normalized spacial score (nSPS) is 19.9. The molecule has 0 aromatic rings. The van der Waals surface area contributed by atoms with Gasteiger partial charge in [0.25, 0.3) is 0 Å². The SMILES string of the molecule is CN1CCC(C(=O)NCC(=O)NCC(=O)O)C1. The molecule has 17 heavy (non-hydrogen) atoms. The molecule has 1 unspecified atom stereocenters. The molecule has 0 saturated carbocycles. The zero-order chi connectivity index (χ0) is 12.8. The topological polar surface area (TPSA) is 98.7 Å². The quantitative estimate of drug-likeness (QED) is 0.532. The summed E-state index contributed by atoms with van der Waals surface area (Å²) in [6.07, 6.45) is 0.791. The number of carbonyl (C=O) groups is 3. The summed E-state index contributed by atoms with van der Waals surface area (Å²) in [5.74, 6) is -1.83. The van der Waals surface area contributed by atoms with Crippen LogP contribution in [0.4, 0.5) is 0 Å². The number of nitrogens with one attached hydrogen (secondary N) is 2. The minimum absolute atomic E-state index is 0.0766. The number of rotatable bonds is 5. The second-order valence-electron chi connectivity index (χ2n) is 4.14. The predicted molar refractivity (Wildman–Crippen MR) is 59.3 cm³/mol. The van der Waals surface area contributed by atoms with E-state index in [-0.39, 0.29) is 18.4 Å². The lowest BCUT2D eigenvalue weighted by Crippen LogP contribution is -2.41. The predicted octanol–water partition coefficient (Wildman–Crippen LogP) is -1.74. The molecule has 0 spiro atoms. The Balaban J connectivity index is 2.19. The first-order valence-corrected chi connectivity index (χ1v) is 5.44. The molecule has 1 aliphatic heterocycles. The van der Waals surface area contributed by atoms with E-state index in [1.807, 2.05) is 7.05 Å². The molecule has 7 heteroatoms. The monoisotopic (exact) mass is 243 g/mol. The molecule has 0 radical (unpaired) electrons. The van der Waals surface area contributed by atoms with Gasteiger partial charge in [-0.3, -0.25) is 14.4 Å². The van der Waals surface area contributed by atoms with Crippen LogP contribution in [0.5, 0.6) is 0 Å². The van der Waals surface area contributed by atoms with Crippen molar-refractivity contribution in [2.75, 3.05) is 33.2 Å². The van der Waals surface area contributed by atoms with Gasteiger partial charge in [0, 0.05) is 6.54 Å². The van der Waals surface area contributed by atoms with Crippen LogP contribution in [-0.2, 0) is 14.4 Å². The maximum Gasteiger partial charge on any atom is 0.322 e. The molecule has 0 aliphatic carbocycles. The highest BCUT2D eigenvalue weighted by atomic mass is 16.4. The van der Waals surface area contributed by atoms with Gasteiger partial charge in [0.1, 0.15) is 6.54 Å². The van der Waals surface area contributed by atoms with Crippen molar-refractivity contribution in [3.05, 3.63) is 0 Å². The summed E-state index contributed by atoms with van der Waals surface area (Å²) in [7, 11) is 1.94. The van der Waals surface area contributed by atoms with Crippen molar-refractivity contribution in [1.29, 1.82) is 0 Å². The Bertz CT molecular complexity index is 319. The lowest BCUT2D eigenvalue weighted by molar-refractivity contribution is -0.137. The second-order valence-corrected chi connectivity index (χ2v) is 4.14. The molecule has 0 aromatic heterocycles. The molecule has 96 valence electrons. The summed E-state index contributed by atoms with van der Waals surface area (Å²) in [6.45, 7) is 0.971. The number of hydrogen-bond donors (Lipinski definition) is 3. The van der Waals surface area contributed by atoms with Gasteiger partial charge in [0.15, 0.2) is 0 Å². The molecule has 3 N–H and O–H groups in total. The number of amides is 2. The van der Waals surface area contributed by atoms with E-state index in [9.17, 15) is 14.4 Å². The van der Waals surface area contributed by atoms with Crippen LogP contribution in [0, 0.1) is 5.92 Å². The largest absolute Gasteiger partial charge is 0.480 e. The average Bonchev–Trinajstić information content (AvgIpc) is 2.70. The van der Waals surface area contributed by atoms with Crippen molar-refractivity contribution in [3.63, 3.8) is 0 Å². The molecule has 7 nitrogen and oxygen atoms in total. The fourth-order valence-electron chi connectivity index (χ4n) is 1.70. The van der Waals surface area contributed by atoms with E-state index in [1.54, 1.807) is 0 Å². The summed E-state index contributed by atoms with van der Waals surface area (Å²) >= 11 is 0. The van der Waals surface area contributed by atoms with E-state index >= 15 is 0 Å². The fraction of sp³-hybridized carbons (Fsp3) is 0.700. The number of hydrogen-bond acceptors (Lipinski definition) is 4. The highest BCUT2D eigenvalue weighted by Gasteiger charge is 2.26. The molecule has 1 heterocycles. The van der Waals surface area contributed by atoms with Gasteiger partial charge >= 0.3 is 5.97 Å². The smallest absolute Gasteiger partial charge is 0.322 e. The number of carbonyl (C=O) groups excluding carboxylic acids is 2. The first kappa shape index (κ1) is 13.4. The first-order chi connectivity index (χ1) is 7.99. The highest BCUT2D eigenvalue weighted by molar-refractivity contribution is 5.87. The van der Waals surface area contributed by atoms with Crippen molar-refractivity contribution in [1.82, 2.24) is 15.5 Å². The molecule has 0 bridgehead atoms. The summed E-state index contributed by atoms with van der Waals surface area (Å²) in [4.78, 5) is 35.0. The van der Waals surface area contributed by atoms with Crippen LogP contribution < -0.4 is 10.6 Å². The van der Waals surface area contributed by atoms with Gasteiger partial charge in [0.05, 0.1) is 12.5 Å². The number of aliphatic carboxylic acids is 1. The van der Waals surface area contributed by atoms with E-state index in [0.717, 1.165) is 13.0 Å². The van der Waals surface area contributed by atoms with Crippen molar-refractivity contribution in [2.24, 2.45) is 5.92 Å². The van der Waals surface area contributed by atoms with E-state index < -0.39 is 18.4 Å². The van der Waals surface area contributed by atoms with Crippen molar-refractivity contribution >= 4 is 17.8 Å². The third-order valence-corrected chi connectivity index (χ3v) is 2.62. The van der Waals surface area contributed by atoms with Crippen molar-refractivity contribution in [3.8, 4) is 0 Å². The Morgan fingerprint density at radius 1 is 1.29 bits per heavy atom. The molecule has 1 aliphatic rings. The number of likely N-dealkylation sites (tertiary alicyclic amines) is 1. The van der Waals surface area contributed by atoms with Crippen LogP contribution in [0.25, 0.3) is 0 Å². The van der Waals surface area contributed by atoms with Crippen molar-refractivity contribution < 1.29 is 19.5 Å². The summed E-state index contributed by atoms with van der Waals surface area (Å²) in [6, 6.07) is 0. The minimum Gasteiger partial charge on any atom is -0.480 e. The van der Waals surface area contributed by atoms with Gasteiger partial charge in [0.2, 0.25) is 11.8 Å². The maximum absolute atomic E-state index is 11.6. The summed E-state index contributed by atoms with van der Waals surface area (Å²) in [5, 5.41) is 13.0. The summed E-state index contributed by atoms with van der Waals surface area (Å²) in [5.41, 5.74) is 0. The fourth-order valence-corrected chi connectivity index (χ4v) is 1.70. The molecule has 1 saturated heterocycles. The van der Waals surface area contributed by atoms with Gasteiger partial charge in [-0.1, -0.05) is 0 Å². The summed E-state index contributed by atoms with van der Waals surface area (Å²) < 4.78 is 0. The molecule has 1 fully saturated rings. The molecular formula is C10H17N3O4. The van der Waals surface area contributed by atoms with Gasteiger partial charge < -0.3 is 20.6 Å². The van der Waals surface area contributed by atoms with Gasteiger partial charge in [-0.2, -0.15) is 0 Å². The first-order valence-electron chi connectivity index (χ1n) is 5.44. The Hall–Kier alpha value is -1.63. The van der Waals surface area contributed by atoms with Gasteiger partial charge in [-0.15, -0.1) is 0 Å². The van der Waals surface area contributed by atoms with Crippen LogP contribution in [0.2, 0.25) is 0 Å². The Morgan fingerprint density at radius 3 is 2.53 bits per heavy atom. The highest BCUT2D eigenvalue weighted by Crippen LogP contribution is 2.13. The van der Waals surface area contributed by atoms with E-state index in [1.165, 1.54) is 0 Å². The van der Waals surface area contributed by atoms with Crippen LogP contribution in [0.1, 0.15) is 6.42 Å². The zero-order valence-corrected chi connectivity index (χ0v) is 9.73. The standard InChI is InChI=1S/C10H17N3O4/c1-13-3-2-7(6-13)10(17)12-4-8(14)11-5-9(15)16/h7H,2-6H2,1H3,(H,11,14)(H,12,17)(H,15,16). The third-order valence-electron chi connectivity index (χ3n) is 2.62. The molecule has 1 atom stereocenters. The van der Waals surface area contributed by atoms with Crippen LogP contribution in [-0.4, -0.2) is 61.0 Å². The lowest BCUT2D eigenvalue weighted by atomic mass is 10.1. The van der Waals surface area contributed by atoms with E-state index in [2.05, 4.69) is 15.5 Å².